The number of benzene rings is 1. The van der Waals surface area contributed by atoms with E-state index in [2.05, 4.69) is 38.0 Å². The van der Waals surface area contributed by atoms with Crippen LogP contribution in [0.2, 0.25) is 5.02 Å². The van der Waals surface area contributed by atoms with E-state index in [0.29, 0.717) is 28.4 Å². The topological polar surface area (TPSA) is 82.5 Å². The number of rotatable bonds is 4. The Kier molecular flexibility index (Phi) is 4.44. The molecule has 0 bridgehead atoms. The van der Waals surface area contributed by atoms with E-state index in [1.54, 1.807) is 24.5 Å². The molecule has 0 aliphatic carbocycles. The highest BCUT2D eigenvalue weighted by atomic mass is 35.5. The van der Waals surface area contributed by atoms with Crippen LogP contribution in [0.5, 0.6) is 0 Å². The SMILES string of the molecule is Cn1c(-c2ccncc2)nnc1C(S)c1noc(-c2cccc(Cl)c2)n1. The lowest BCUT2D eigenvalue weighted by Gasteiger charge is -2.07. The second-order valence-corrected chi connectivity index (χ2v) is 6.50. The zero-order valence-corrected chi connectivity index (χ0v) is 15.3. The van der Waals surface area contributed by atoms with Gasteiger partial charge in [0.25, 0.3) is 5.89 Å². The van der Waals surface area contributed by atoms with E-state index in [-0.39, 0.29) is 0 Å². The molecule has 7 nitrogen and oxygen atoms in total. The summed E-state index contributed by atoms with van der Waals surface area (Å²) in [4.78, 5) is 8.43. The van der Waals surface area contributed by atoms with Crippen molar-refractivity contribution in [1.82, 2.24) is 29.9 Å². The minimum atomic E-state index is -0.486. The van der Waals surface area contributed by atoms with Gasteiger partial charge < -0.3 is 9.09 Å². The lowest BCUT2D eigenvalue weighted by atomic mass is 10.2. The van der Waals surface area contributed by atoms with Crippen LogP contribution in [0, 0.1) is 0 Å². The summed E-state index contributed by atoms with van der Waals surface area (Å²) in [5.41, 5.74) is 1.65. The molecule has 0 saturated heterocycles. The highest BCUT2D eigenvalue weighted by molar-refractivity contribution is 7.80. The van der Waals surface area contributed by atoms with Crippen molar-refractivity contribution in [2.45, 2.75) is 5.25 Å². The molecule has 26 heavy (non-hydrogen) atoms. The quantitative estimate of drug-likeness (QED) is 0.541. The Bertz CT molecular complexity index is 1050. The maximum atomic E-state index is 6.01. The molecule has 1 unspecified atom stereocenters. The molecular weight excluding hydrogens is 372 g/mol. The Morgan fingerprint density at radius 2 is 1.92 bits per heavy atom. The normalized spacial score (nSPS) is 12.3. The second-order valence-electron chi connectivity index (χ2n) is 5.55. The molecule has 0 spiro atoms. The molecule has 0 aliphatic heterocycles. The predicted molar refractivity (Wildman–Crippen MR) is 99.8 cm³/mol. The number of thiol groups is 1. The number of nitrogens with zero attached hydrogens (tertiary/aromatic N) is 6. The molecular formula is C17H13ClN6OS. The molecule has 1 atom stereocenters. The van der Waals surface area contributed by atoms with Crippen molar-refractivity contribution >= 4 is 24.2 Å². The molecule has 0 saturated carbocycles. The fourth-order valence-electron chi connectivity index (χ4n) is 2.53. The molecule has 3 heterocycles. The first-order chi connectivity index (χ1) is 12.6. The van der Waals surface area contributed by atoms with Crippen molar-refractivity contribution in [3.63, 3.8) is 0 Å². The molecule has 0 N–H and O–H groups in total. The van der Waals surface area contributed by atoms with E-state index in [1.165, 1.54) is 0 Å². The van der Waals surface area contributed by atoms with Gasteiger partial charge in [0.05, 0.1) is 0 Å². The lowest BCUT2D eigenvalue weighted by molar-refractivity contribution is 0.423. The van der Waals surface area contributed by atoms with Crippen molar-refractivity contribution in [2.24, 2.45) is 7.05 Å². The van der Waals surface area contributed by atoms with E-state index < -0.39 is 5.25 Å². The van der Waals surface area contributed by atoms with E-state index in [1.807, 2.05) is 35.9 Å². The highest BCUT2D eigenvalue weighted by Crippen LogP contribution is 2.29. The summed E-state index contributed by atoms with van der Waals surface area (Å²) in [6, 6.07) is 10.9. The van der Waals surface area contributed by atoms with Crippen molar-refractivity contribution in [2.75, 3.05) is 0 Å². The van der Waals surface area contributed by atoms with E-state index in [4.69, 9.17) is 16.1 Å². The van der Waals surface area contributed by atoms with Crippen molar-refractivity contribution in [1.29, 1.82) is 0 Å². The molecule has 9 heteroatoms. The number of halogens is 1. The van der Waals surface area contributed by atoms with E-state index in [9.17, 15) is 0 Å². The van der Waals surface area contributed by atoms with Gasteiger partial charge in [0, 0.05) is 35.6 Å². The van der Waals surface area contributed by atoms with Gasteiger partial charge in [0.2, 0.25) is 0 Å². The summed E-state index contributed by atoms with van der Waals surface area (Å²) in [5, 5.41) is 12.6. The third-order valence-corrected chi connectivity index (χ3v) is 4.55. The number of hydrogen-bond donors (Lipinski definition) is 1. The first-order valence-corrected chi connectivity index (χ1v) is 8.60. The Labute approximate surface area is 159 Å². The molecule has 130 valence electrons. The fraction of sp³-hybridized carbons (Fsp3) is 0.118. The molecule has 1 aromatic carbocycles. The van der Waals surface area contributed by atoms with Gasteiger partial charge in [-0.2, -0.15) is 17.6 Å². The van der Waals surface area contributed by atoms with Crippen LogP contribution in [-0.4, -0.2) is 29.9 Å². The first-order valence-electron chi connectivity index (χ1n) is 7.71. The van der Waals surface area contributed by atoms with Crippen molar-refractivity contribution < 1.29 is 4.52 Å². The summed E-state index contributed by atoms with van der Waals surface area (Å²) in [5.74, 6) is 2.09. The van der Waals surface area contributed by atoms with Crippen molar-refractivity contribution in [3.05, 3.63) is 65.5 Å². The molecule has 0 fully saturated rings. The zero-order chi connectivity index (χ0) is 18.1. The van der Waals surface area contributed by atoms with Gasteiger partial charge >= 0.3 is 0 Å². The number of hydrogen-bond acceptors (Lipinski definition) is 7. The van der Waals surface area contributed by atoms with Crippen LogP contribution in [0.25, 0.3) is 22.8 Å². The maximum absolute atomic E-state index is 6.01. The fourth-order valence-corrected chi connectivity index (χ4v) is 3.05. The van der Waals surface area contributed by atoms with Crippen LogP contribution >= 0.6 is 24.2 Å². The van der Waals surface area contributed by atoms with Crippen LogP contribution in [0.15, 0.2) is 53.3 Å². The van der Waals surface area contributed by atoms with Crippen molar-refractivity contribution in [3.8, 4) is 22.8 Å². The standard InChI is InChI=1S/C17H13ClN6OS/c1-24-15(10-5-7-19-8-6-10)21-22-16(24)13(26)14-20-17(25-23-14)11-3-2-4-12(18)9-11/h2-9,13,26H,1H3. The van der Waals surface area contributed by atoms with Gasteiger partial charge in [-0.3, -0.25) is 4.98 Å². The third kappa shape index (κ3) is 3.09. The van der Waals surface area contributed by atoms with Gasteiger partial charge in [0.1, 0.15) is 5.25 Å². The largest absolute Gasteiger partial charge is 0.334 e. The zero-order valence-electron chi connectivity index (χ0n) is 13.6. The minimum absolute atomic E-state index is 0.373. The summed E-state index contributed by atoms with van der Waals surface area (Å²) in [7, 11) is 1.87. The van der Waals surface area contributed by atoms with Gasteiger partial charge in [-0.1, -0.05) is 22.8 Å². The van der Waals surface area contributed by atoms with Crippen LogP contribution in [0.1, 0.15) is 16.9 Å². The Morgan fingerprint density at radius 3 is 2.69 bits per heavy atom. The minimum Gasteiger partial charge on any atom is -0.334 e. The highest BCUT2D eigenvalue weighted by Gasteiger charge is 2.23. The second kappa shape index (κ2) is 6.89. The first kappa shape index (κ1) is 16.7. The van der Waals surface area contributed by atoms with Crippen LogP contribution < -0.4 is 0 Å². The lowest BCUT2D eigenvalue weighted by Crippen LogP contribution is -2.05. The third-order valence-electron chi connectivity index (χ3n) is 3.85. The Morgan fingerprint density at radius 1 is 1.12 bits per heavy atom. The number of pyridine rings is 1. The molecule has 4 aromatic rings. The molecule has 3 aromatic heterocycles. The Hall–Kier alpha value is -2.71. The molecule has 0 radical (unpaired) electrons. The summed E-state index contributed by atoms with van der Waals surface area (Å²) in [6.07, 6.45) is 3.41. The van der Waals surface area contributed by atoms with Gasteiger partial charge in [-0.15, -0.1) is 10.2 Å². The van der Waals surface area contributed by atoms with Crippen LogP contribution in [0.3, 0.4) is 0 Å². The molecule has 4 rings (SSSR count). The smallest absolute Gasteiger partial charge is 0.258 e. The molecule has 0 aliphatic rings. The average Bonchev–Trinajstić information content (AvgIpc) is 3.29. The monoisotopic (exact) mass is 384 g/mol. The van der Waals surface area contributed by atoms with Gasteiger partial charge in [-0.25, -0.2) is 0 Å². The van der Waals surface area contributed by atoms with E-state index in [0.717, 1.165) is 11.1 Å². The molecule has 0 amide bonds. The summed E-state index contributed by atoms with van der Waals surface area (Å²) >= 11 is 10.6. The van der Waals surface area contributed by atoms with Gasteiger partial charge in [0.15, 0.2) is 17.5 Å². The van der Waals surface area contributed by atoms with Gasteiger partial charge in [-0.05, 0) is 30.3 Å². The number of aromatic nitrogens is 6. The maximum Gasteiger partial charge on any atom is 0.258 e. The predicted octanol–water partition coefficient (Wildman–Crippen LogP) is 3.60. The Balaban J connectivity index is 1.65. The average molecular weight is 385 g/mol. The summed E-state index contributed by atoms with van der Waals surface area (Å²) < 4.78 is 7.19. The van der Waals surface area contributed by atoms with Crippen LogP contribution in [0.4, 0.5) is 0 Å². The van der Waals surface area contributed by atoms with E-state index >= 15 is 0 Å². The summed E-state index contributed by atoms with van der Waals surface area (Å²) in [6.45, 7) is 0. The van der Waals surface area contributed by atoms with Crippen LogP contribution in [-0.2, 0) is 7.05 Å².